The highest BCUT2D eigenvalue weighted by Gasteiger charge is 2.41. The fraction of sp³-hybridized carbons (Fsp3) is 0.583. The van der Waals surface area contributed by atoms with Crippen LogP contribution in [0.2, 0.25) is 0 Å². The first-order valence-corrected chi connectivity index (χ1v) is 5.95. The lowest BCUT2D eigenvalue weighted by Crippen LogP contribution is -2.30. The molecule has 3 heterocycles. The average Bonchev–Trinajstić information content (AvgIpc) is 2.90. The van der Waals surface area contributed by atoms with Gasteiger partial charge in [0.15, 0.2) is 11.6 Å². The van der Waals surface area contributed by atoms with Crippen molar-refractivity contribution in [1.82, 2.24) is 10.3 Å². The zero-order valence-corrected chi connectivity index (χ0v) is 9.55. The molecular weight excluding hydrogens is 224 g/mol. The van der Waals surface area contributed by atoms with Crippen molar-refractivity contribution in [2.45, 2.75) is 12.8 Å². The van der Waals surface area contributed by atoms with Crippen molar-refractivity contribution >= 4 is 5.82 Å². The number of rotatable bonds is 1. The van der Waals surface area contributed by atoms with E-state index in [1.807, 2.05) is 4.90 Å². The number of anilines is 1. The molecule has 3 nitrogen and oxygen atoms in total. The lowest BCUT2D eigenvalue weighted by Gasteiger charge is -2.23. The molecule has 0 radical (unpaired) electrons. The number of aromatic nitrogens is 1. The van der Waals surface area contributed by atoms with E-state index >= 15 is 0 Å². The molecule has 1 N–H and O–H groups in total. The number of halogens is 2. The van der Waals surface area contributed by atoms with Gasteiger partial charge in [0, 0.05) is 31.1 Å². The molecule has 1 aromatic rings. The van der Waals surface area contributed by atoms with Gasteiger partial charge in [0.1, 0.15) is 5.82 Å². The molecule has 2 aliphatic rings. The lowest BCUT2D eigenvalue weighted by molar-refractivity contribution is 0.369. The Hall–Kier alpha value is -1.23. The second-order valence-electron chi connectivity index (χ2n) is 5.06. The van der Waals surface area contributed by atoms with Gasteiger partial charge in [-0.05, 0) is 19.4 Å². The van der Waals surface area contributed by atoms with Gasteiger partial charge in [-0.15, -0.1) is 0 Å². The first-order valence-electron chi connectivity index (χ1n) is 5.95. The number of nitrogens with one attached hydrogen (secondary N) is 1. The van der Waals surface area contributed by atoms with Gasteiger partial charge in [0.05, 0.1) is 6.20 Å². The van der Waals surface area contributed by atoms with E-state index in [9.17, 15) is 8.78 Å². The maximum absolute atomic E-state index is 13.6. The molecule has 1 aromatic heterocycles. The molecule has 1 spiro atoms. The standard InChI is InChI=1S/C12H15F2N3/c13-9-5-10(14)11(16-6-9)17-4-2-12(8-17)1-3-15-7-12/h5-6,15H,1-4,7-8H2. The summed E-state index contributed by atoms with van der Waals surface area (Å²) in [7, 11) is 0. The Kier molecular flexibility index (Phi) is 2.50. The zero-order chi connectivity index (χ0) is 11.9. The Bertz CT molecular complexity index is 430. The predicted molar refractivity (Wildman–Crippen MR) is 60.9 cm³/mol. The monoisotopic (exact) mass is 239 g/mol. The molecule has 0 saturated carbocycles. The largest absolute Gasteiger partial charge is 0.354 e. The fourth-order valence-electron chi connectivity index (χ4n) is 2.90. The van der Waals surface area contributed by atoms with E-state index in [2.05, 4.69) is 10.3 Å². The average molecular weight is 239 g/mol. The van der Waals surface area contributed by atoms with Crippen molar-refractivity contribution < 1.29 is 8.78 Å². The van der Waals surface area contributed by atoms with Crippen LogP contribution in [0.25, 0.3) is 0 Å². The molecule has 92 valence electrons. The molecule has 0 amide bonds. The van der Waals surface area contributed by atoms with Crippen LogP contribution in [0.3, 0.4) is 0 Å². The molecule has 17 heavy (non-hydrogen) atoms. The van der Waals surface area contributed by atoms with Gasteiger partial charge in [-0.2, -0.15) is 0 Å². The van der Waals surface area contributed by atoms with E-state index in [0.717, 1.165) is 51.3 Å². The highest BCUT2D eigenvalue weighted by atomic mass is 19.1. The van der Waals surface area contributed by atoms with Crippen molar-refractivity contribution in [3.63, 3.8) is 0 Å². The van der Waals surface area contributed by atoms with Crippen molar-refractivity contribution in [3.8, 4) is 0 Å². The molecule has 5 heteroatoms. The Balaban J connectivity index is 1.82. The van der Waals surface area contributed by atoms with Gasteiger partial charge in [0.2, 0.25) is 0 Å². The molecule has 2 fully saturated rings. The molecule has 0 bridgehead atoms. The van der Waals surface area contributed by atoms with Crippen molar-refractivity contribution in [3.05, 3.63) is 23.9 Å². The summed E-state index contributed by atoms with van der Waals surface area (Å²) < 4.78 is 26.4. The quantitative estimate of drug-likeness (QED) is 0.806. The Labute approximate surface area is 98.8 Å². The molecule has 1 unspecified atom stereocenters. The Morgan fingerprint density at radius 1 is 1.35 bits per heavy atom. The summed E-state index contributed by atoms with van der Waals surface area (Å²) in [4.78, 5) is 5.80. The second-order valence-corrected chi connectivity index (χ2v) is 5.06. The van der Waals surface area contributed by atoms with Crippen LogP contribution in [0.4, 0.5) is 14.6 Å². The number of nitrogens with zero attached hydrogens (tertiary/aromatic N) is 2. The smallest absolute Gasteiger partial charge is 0.168 e. The first kappa shape index (κ1) is 10.9. The minimum atomic E-state index is -0.623. The highest BCUT2D eigenvalue weighted by Crippen LogP contribution is 2.38. The molecule has 2 aliphatic heterocycles. The topological polar surface area (TPSA) is 28.2 Å². The van der Waals surface area contributed by atoms with Crippen LogP contribution >= 0.6 is 0 Å². The summed E-state index contributed by atoms with van der Waals surface area (Å²) in [5.41, 5.74) is 0.266. The van der Waals surface area contributed by atoms with E-state index < -0.39 is 11.6 Å². The summed E-state index contributed by atoms with van der Waals surface area (Å²) in [5.74, 6) is -0.897. The molecule has 3 rings (SSSR count). The van der Waals surface area contributed by atoms with E-state index in [4.69, 9.17) is 0 Å². The van der Waals surface area contributed by atoms with Crippen LogP contribution in [0, 0.1) is 17.0 Å². The van der Waals surface area contributed by atoms with E-state index in [-0.39, 0.29) is 11.2 Å². The number of hydrogen-bond acceptors (Lipinski definition) is 3. The molecule has 2 saturated heterocycles. The Morgan fingerprint density at radius 2 is 2.24 bits per heavy atom. The minimum absolute atomic E-state index is 0.266. The van der Waals surface area contributed by atoms with Gasteiger partial charge >= 0.3 is 0 Å². The molecular formula is C12H15F2N3. The van der Waals surface area contributed by atoms with Crippen LogP contribution in [0.1, 0.15) is 12.8 Å². The third-order valence-corrected chi connectivity index (χ3v) is 3.86. The van der Waals surface area contributed by atoms with Gasteiger partial charge in [-0.3, -0.25) is 0 Å². The van der Waals surface area contributed by atoms with E-state index in [0.29, 0.717) is 0 Å². The summed E-state index contributed by atoms with van der Waals surface area (Å²) in [5, 5.41) is 3.35. The minimum Gasteiger partial charge on any atom is -0.354 e. The van der Waals surface area contributed by atoms with Crippen LogP contribution < -0.4 is 10.2 Å². The van der Waals surface area contributed by atoms with Crippen LogP contribution in [-0.2, 0) is 0 Å². The van der Waals surface area contributed by atoms with E-state index in [1.165, 1.54) is 0 Å². The van der Waals surface area contributed by atoms with E-state index in [1.54, 1.807) is 0 Å². The normalized spacial score (nSPS) is 28.2. The highest BCUT2D eigenvalue weighted by molar-refractivity contribution is 5.42. The summed E-state index contributed by atoms with van der Waals surface area (Å²) >= 11 is 0. The number of pyridine rings is 1. The first-order chi connectivity index (χ1) is 8.19. The third-order valence-electron chi connectivity index (χ3n) is 3.86. The van der Waals surface area contributed by atoms with Crippen LogP contribution in [0.5, 0.6) is 0 Å². The van der Waals surface area contributed by atoms with Crippen LogP contribution in [0.15, 0.2) is 12.3 Å². The van der Waals surface area contributed by atoms with Crippen molar-refractivity contribution in [2.24, 2.45) is 5.41 Å². The maximum atomic E-state index is 13.6. The summed E-state index contributed by atoms with van der Waals surface area (Å²) in [6.45, 7) is 3.65. The summed E-state index contributed by atoms with van der Waals surface area (Å²) in [6.07, 6.45) is 3.26. The Morgan fingerprint density at radius 3 is 2.94 bits per heavy atom. The SMILES string of the molecule is Fc1cnc(N2CCC3(CCNC3)C2)c(F)c1. The van der Waals surface area contributed by atoms with Crippen LogP contribution in [-0.4, -0.2) is 31.2 Å². The summed E-state index contributed by atoms with van der Waals surface area (Å²) in [6, 6.07) is 0.903. The molecule has 1 atom stereocenters. The van der Waals surface area contributed by atoms with Crippen molar-refractivity contribution in [2.75, 3.05) is 31.1 Å². The maximum Gasteiger partial charge on any atom is 0.168 e. The molecule has 0 aromatic carbocycles. The van der Waals surface area contributed by atoms with Gasteiger partial charge in [-0.25, -0.2) is 13.8 Å². The second kappa shape index (κ2) is 3.91. The predicted octanol–water partition coefficient (Wildman–Crippen LogP) is 1.55. The van der Waals surface area contributed by atoms with Gasteiger partial charge in [0.25, 0.3) is 0 Å². The van der Waals surface area contributed by atoms with Crippen molar-refractivity contribution in [1.29, 1.82) is 0 Å². The fourth-order valence-corrected chi connectivity index (χ4v) is 2.90. The molecule has 0 aliphatic carbocycles. The third kappa shape index (κ3) is 1.88. The van der Waals surface area contributed by atoms with Gasteiger partial charge < -0.3 is 10.2 Å². The zero-order valence-electron chi connectivity index (χ0n) is 9.55. The number of hydrogen-bond donors (Lipinski definition) is 1. The van der Waals surface area contributed by atoms with Gasteiger partial charge in [-0.1, -0.05) is 0 Å². The lowest BCUT2D eigenvalue weighted by atomic mass is 9.87.